The highest BCUT2D eigenvalue weighted by Crippen LogP contribution is 2.22. The van der Waals surface area contributed by atoms with Crippen LogP contribution < -0.4 is 5.73 Å². The van der Waals surface area contributed by atoms with Crippen molar-refractivity contribution in [2.45, 2.75) is 6.42 Å². The molecule has 3 N–H and O–H groups in total. The van der Waals surface area contributed by atoms with Crippen LogP contribution in [0.25, 0.3) is 11.3 Å². The monoisotopic (exact) mass is 255 g/mol. The molecule has 0 aliphatic carbocycles. The number of benzene rings is 1. The van der Waals surface area contributed by atoms with Crippen LogP contribution in [0.15, 0.2) is 40.8 Å². The number of carboxylic acids is 1. The van der Waals surface area contributed by atoms with Gasteiger partial charge in [-0.25, -0.2) is 4.79 Å². The highest BCUT2D eigenvalue weighted by molar-refractivity contribution is 5.85. The van der Waals surface area contributed by atoms with Crippen molar-refractivity contribution in [1.82, 2.24) is 0 Å². The van der Waals surface area contributed by atoms with Gasteiger partial charge in [0.1, 0.15) is 5.76 Å². The van der Waals surface area contributed by atoms with Gasteiger partial charge < -0.3 is 15.3 Å². The Hall–Kier alpha value is -2.51. The fraction of sp³-hybridized carbons (Fsp3) is 0.133. The lowest BCUT2D eigenvalue weighted by Gasteiger charge is -1.97. The maximum absolute atomic E-state index is 10.7. The van der Waals surface area contributed by atoms with Crippen LogP contribution in [0.2, 0.25) is 0 Å². The molecule has 0 saturated carbocycles. The molecule has 0 radical (unpaired) electrons. The highest BCUT2D eigenvalue weighted by Gasteiger charge is 2.09. The molecule has 0 atom stereocenters. The molecule has 2 aromatic rings. The topological polar surface area (TPSA) is 76.5 Å². The van der Waals surface area contributed by atoms with Crippen LogP contribution in [0.4, 0.5) is 0 Å². The maximum Gasteiger partial charge on any atom is 0.371 e. The Labute approximate surface area is 110 Å². The van der Waals surface area contributed by atoms with Gasteiger partial charge in [0.2, 0.25) is 5.76 Å². The fourth-order valence-electron chi connectivity index (χ4n) is 1.56. The van der Waals surface area contributed by atoms with E-state index in [0.717, 1.165) is 11.1 Å². The van der Waals surface area contributed by atoms with Crippen LogP contribution in [0, 0.1) is 11.8 Å². The second-order valence-corrected chi connectivity index (χ2v) is 3.89. The summed E-state index contributed by atoms with van der Waals surface area (Å²) >= 11 is 0. The van der Waals surface area contributed by atoms with E-state index >= 15 is 0 Å². The van der Waals surface area contributed by atoms with Crippen LogP contribution in [0.1, 0.15) is 22.5 Å². The van der Waals surface area contributed by atoms with Crippen molar-refractivity contribution >= 4 is 5.97 Å². The quantitative estimate of drug-likeness (QED) is 0.825. The van der Waals surface area contributed by atoms with Gasteiger partial charge in [-0.15, -0.1) is 0 Å². The van der Waals surface area contributed by atoms with E-state index < -0.39 is 5.97 Å². The minimum atomic E-state index is -1.07. The number of hydrogen-bond donors (Lipinski definition) is 2. The zero-order chi connectivity index (χ0) is 13.7. The van der Waals surface area contributed by atoms with Gasteiger partial charge in [-0.05, 0) is 24.3 Å². The van der Waals surface area contributed by atoms with Crippen molar-refractivity contribution in [1.29, 1.82) is 0 Å². The first kappa shape index (κ1) is 12.9. The van der Waals surface area contributed by atoms with Crippen molar-refractivity contribution in [3.05, 3.63) is 47.7 Å². The van der Waals surface area contributed by atoms with Crippen LogP contribution >= 0.6 is 0 Å². The Kier molecular flexibility index (Phi) is 4.01. The Bertz CT molecular complexity index is 629. The summed E-state index contributed by atoms with van der Waals surface area (Å²) in [4.78, 5) is 10.7. The lowest BCUT2D eigenvalue weighted by atomic mass is 10.1. The van der Waals surface area contributed by atoms with E-state index in [9.17, 15) is 4.79 Å². The van der Waals surface area contributed by atoms with E-state index in [1.807, 2.05) is 24.3 Å². The molecule has 0 spiro atoms. The van der Waals surface area contributed by atoms with Crippen molar-refractivity contribution in [3.8, 4) is 23.2 Å². The number of hydrogen-bond acceptors (Lipinski definition) is 3. The summed E-state index contributed by atoms with van der Waals surface area (Å²) in [5.41, 5.74) is 7.06. The molecule has 1 aromatic carbocycles. The molecule has 1 heterocycles. The van der Waals surface area contributed by atoms with Crippen molar-refractivity contribution in [3.63, 3.8) is 0 Å². The Morgan fingerprint density at radius 2 is 1.95 bits per heavy atom. The average Bonchev–Trinajstić information content (AvgIpc) is 2.90. The van der Waals surface area contributed by atoms with Gasteiger partial charge in [0.25, 0.3) is 0 Å². The predicted octanol–water partition coefficient (Wildman–Crippen LogP) is 2.35. The summed E-state index contributed by atoms with van der Waals surface area (Å²) in [6, 6.07) is 10.5. The minimum Gasteiger partial charge on any atom is -0.475 e. The second kappa shape index (κ2) is 5.89. The Morgan fingerprint density at radius 1 is 1.21 bits per heavy atom. The van der Waals surface area contributed by atoms with Crippen molar-refractivity contribution in [2.24, 2.45) is 5.73 Å². The third-order valence-electron chi connectivity index (χ3n) is 2.49. The number of nitrogens with two attached hydrogens (primary N) is 1. The summed E-state index contributed by atoms with van der Waals surface area (Å²) in [6.07, 6.45) is 0.669. The van der Waals surface area contributed by atoms with E-state index in [1.54, 1.807) is 6.07 Å². The molecule has 4 heteroatoms. The molecular weight excluding hydrogens is 242 g/mol. The second-order valence-electron chi connectivity index (χ2n) is 3.89. The number of rotatable bonds is 3. The predicted molar refractivity (Wildman–Crippen MR) is 71.7 cm³/mol. The molecule has 0 bridgehead atoms. The summed E-state index contributed by atoms with van der Waals surface area (Å²) < 4.78 is 5.22. The number of carbonyl (C=O) groups is 1. The molecule has 4 nitrogen and oxygen atoms in total. The van der Waals surface area contributed by atoms with Gasteiger partial charge in [-0.3, -0.25) is 0 Å². The van der Waals surface area contributed by atoms with Gasteiger partial charge >= 0.3 is 5.97 Å². The maximum atomic E-state index is 10.7. The first-order valence-corrected chi connectivity index (χ1v) is 5.83. The molecule has 2 rings (SSSR count). The number of aromatic carboxylic acids is 1. The van der Waals surface area contributed by atoms with Crippen LogP contribution in [0.3, 0.4) is 0 Å². The normalized spacial score (nSPS) is 9.74. The molecule has 0 amide bonds. The summed E-state index contributed by atoms with van der Waals surface area (Å²) in [5, 5.41) is 8.79. The Morgan fingerprint density at radius 3 is 2.53 bits per heavy atom. The lowest BCUT2D eigenvalue weighted by molar-refractivity contribution is 0.0663. The van der Waals surface area contributed by atoms with E-state index in [-0.39, 0.29) is 5.76 Å². The average molecular weight is 255 g/mol. The van der Waals surface area contributed by atoms with E-state index in [1.165, 1.54) is 6.07 Å². The van der Waals surface area contributed by atoms with Gasteiger partial charge in [0.05, 0.1) is 0 Å². The van der Waals surface area contributed by atoms with Crippen LogP contribution in [0.5, 0.6) is 0 Å². The van der Waals surface area contributed by atoms with E-state index in [4.69, 9.17) is 15.3 Å². The van der Waals surface area contributed by atoms with Crippen LogP contribution in [-0.4, -0.2) is 17.6 Å². The highest BCUT2D eigenvalue weighted by atomic mass is 16.4. The zero-order valence-corrected chi connectivity index (χ0v) is 10.2. The van der Waals surface area contributed by atoms with E-state index in [0.29, 0.717) is 18.7 Å². The molecule has 1 aromatic heterocycles. The largest absolute Gasteiger partial charge is 0.475 e. The van der Waals surface area contributed by atoms with Crippen LogP contribution in [-0.2, 0) is 0 Å². The first-order valence-electron chi connectivity index (χ1n) is 5.83. The third-order valence-corrected chi connectivity index (χ3v) is 2.49. The lowest BCUT2D eigenvalue weighted by Crippen LogP contribution is -1.95. The minimum absolute atomic E-state index is 0.0678. The van der Waals surface area contributed by atoms with Gasteiger partial charge in [-0.1, -0.05) is 24.0 Å². The van der Waals surface area contributed by atoms with Gasteiger partial charge in [-0.2, -0.15) is 0 Å². The Balaban J connectivity index is 2.18. The van der Waals surface area contributed by atoms with Gasteiger partial charge in [0.15, 0.2) is 0 Å². The molecule has 0 aliphatic rings. The third kappa shape index (κ3) is 3.24. The van der Waals surface area contributed by atoms with E-state index in [2.05, 4.69) is 11.8 Å². The zero-order valence-electron chi connectivity index (χ0n) is 10.2. The molecule has 0 saturated heterocycles. The molecule has 19 heavy (non-hydrogen) atoms. The standard InChI is InChI=1S/C15H13NO3/c16-10-2-1-3-11-4-6-12(7-5-11)13-8-9-14(19-13)15(17)18/h4-9H,2,10,16H2,(H,17,18). The number of carboxylic acid groups (broad SMARTS) is 1. The number of furan rings is 1. The molecule has 96 valence electrons. The van der Waals surface area contributed by atoms with Crippen molar-refractivity contribution < 1.29 is 14.3 Å². The smallest absolute Gasteiger partial charge is 0.371 e. The SMILES string of the molecule is NCCC#Cc1ccc(-c2ccc(C(=O)O)o2)cc1. The summed E-state index contributed by atoms with van der Waals surface area (Å²) in [6.45, 7) is 0.551. The molecule has 0 unspecified atom stereocenters. The summed E-state index contributed by atoms with van der Waals surface area (Å²) in [7, 11) is 0. The fourth-order valence-corrected chi connectivity index (χ4v) is 1.56. The molecule has 0 fully saturated rings. The van der Waals surface area contributed by atoms with Gasteiger partial charge in [0, 0.05) is 24.1 Å². The molecule has 0 aliphatic heterocycles. The molecular formula is C15H13NO3. The first-order chi connectivity index (χ1) is 9.20. The van der Waals surface area contributed by atoms with Crippen molar-refractivity contribution in [2.75, 3.05) is 6.54 Å². The summed E-state index contributed by atoms with van der Waals surface area (Å²) in [5.74, 6) is 5.33.